The summed E-state index contributed by atoms with van der Waals surface area (Å²) in [6.07, 6.45) is 0.964. The van der Waals surface area contributed by atoms with E-state index in [0.29, 0.717) is 5.56 Å². The van der Waals surface area contributed by atoms with Crippen molar-refractivity contribution in [3.8, 4) is 6.07 Å². The fourth-order valence-corrected chi connectivity index (χ4v) is 2.21. The molecule has 96 valence electrons. The van der Waals surface area contributed by atoms with Crippen molar-refractivity contribution >= 4 is 5.69 Å². The van der Waals surface area contributed by atoms with Gasteiger partial charge in [-0.05, 0) is 43.0 Å². The van der Waals surface area contributed by atoms with Gasteiger partial charge in [-0.2, -0.15) is 5.26 Å². The molecule has 19 heavy (non-hydrogen) atoms. The fourth-order valence-electron chi connectivity index (χ4n) is 2.21. The van der Waals surface area contributed by atoms with Crippen molar-refractivity contribution < 1.29 is 0 Å². The summed E-state index contributed by atoms with van der Waals surface area (Å²) in [5.41, 5.74) is 5.45. The smallest absolute Gasteiger partial charge is 0.101 e. The number of aryl methyl sites for hydroxylation is 2. The predicted octanol–water partition coefficient (Wildman–Crippen LogP) is 3.83. The number of benzene rings is 2. The first-order valence-corrected chi connectivity index (χ1v) is 6.50. The molecule has 0 fully saturated rings. The highest BCUT2D eigenvalue weighted by Gasteiger charge is 2.04. The van der Waals surface area contributed by atoms with Gasteiger partial charge in [-0.3, -0.25) is 0 Å². The number of nitrogens with one attached hydrogen (secondary N) is 1. The Morgan fingerprint density at radius 2 is 1.74 bits per heavy atom. The van der Waals surface area contributed by atoms with Gasteiger partial charge in [-0.25, -0.2) is 0 Å². The maximum Gasteiger partial charge on any atom is 0.101 e. The first kappa shape index (κ1) is 13.2. The van der Waals surface area contributed by atoms with Gasteiger partial charge < -0.3 is 5.32 Å². The Labute approximate surface area is 114 Å². The molecule has 2 nitrogen and oxygen atoms in total. The summed E-state index contributed by atoms with van der Waals surface area (Å²) in [6, 6.07) is 16.4. The van der Waals surface area contributed by atoms with E-state index in [0.717, 1.165) is 24.2 Å². The molecule has 0 atom stereocenters. The van der Waals surface area contributed by atoms with Crippen LogP contribution in [0.15, 0.2) is 42.5 Å². The minimum absolute atomic E-state index is 0.713. The lowest BCUT2D eigenvalue weighted by atomic mass is 10.1. The Morgan fingerprint density at radius 1 is 1.00 bits per heavy atom. The predicted molar refractivity (Wildman–Crippen MR) is 79.3 cm³/mol. The van der Waals surface area contributed by atoms with Gasteiger partial charge in [-0.15, -0.1) is 0 Å². The third-order valence-electron chi connectivity index (χ3n) is 3.35. The minimum atomic E-state index is 0.713. The maximum atomic E-state index is 9.11. The highest BCUT2D eigenvalue weighted by Crippen LogP contribution is 2.19. The van der Waals surface area contributed by atoms with Crippen molar-refractivity contribution in [1.29, 1.82) is 5.26 Å². The number of para-hydroxylation sites is 1. The van der Waals surface area contributed by atoms with Crippen LogP contribution in [-0.2, 0) is 6.42 Å². The molecule has 2 aromatic carbocycles. The van der Waals surface area contributed by atoms with E-state index in [2.05, 4.69) is 42.6 Å². The average Bonchev–Trinajstić information content (AvgIpc) is 2.42. The molecule has 0 aromatic heterocycles. The molecular formula is C17H18N2. The topological polar surface area (TPSA) is 35.8 Å². The Bertz CT molecular complexity index is 609. The van der Waals surface area contributed by atoms with Crippen LogP contribution in [0.2, 0.25) is 0 Å². The van der Waals surface area contributed by atoms with Gasteiger partial charge in [0.25, 0.3) is 0 Å². The van der Waals surface area contributed by atoms with Gasteiger partial charge in [0.05, 0.1) is 11.3 Å². The van der Waals surface area contributed by atoms with Crippen molar-refractivity contribution in [1.82, 2.24) is 0 Å². The standard InChI is InChI=1S/C17H18N2/c1-13-6-3-4-8-15(13)10-11-19-17-14(2)7-5-9-16(17)12-18/h3-9,19H,10-11H2,1-2H3. The van der Waals surface area contributed by atoms with Gasteiger partial charge in [0.2, 0.25) is 0 Å². The molecule has 1 N–H and O–H groups in total. The first-order chi connectivity index (χ1) is 9.22. The molecule has 0 radical (unpaired) electrons. The van der Waals surface area contributed by atoms with Crippen LogP contribution in [0.25, 0.3) is 0 Å². The van der Waals surface area contributed by atoms with Crippen molar-refractivity contribution in [2.24, 2.45) is 0 Å². The summed E-state index contributed by atoms with van der Waals surface area (Å²) in [4.78, 5) is 0. The van der Waals surface area contributed by atoms with Crippen molar-refractivity contribution in [3.05, 3.63) is 64.7 Å². The van der Waals surface area contributed by atoms with Gasteiger partial charge in [0.1, 0.15) is 6.07 Å². The van der Waals surface area contributed by atoms with E-state index in [4.69, 9.17) is 5.26 Å². The van der Waals surface area contributed by atoms with Crippen LogP contribution in [-0.4, -0.2) is 6.54 Å². The van der Waals surface area contributed by atoms with E-state index in [1.54, 1.807) is 0 Å². The normalized spacial score (nSPS) is 9.95. The zero-order chi connectivity index (χ0) is 13.7. The molecule has 2 heteroatoms. The molecule has 0 aliphatic heterocycles. The third-order valence-corrected chi connectivity index (χ3v) is 3.35. The molecule has 2 aromatic rings. The lowest BCUT2D eigenvalue weighted by molar-refractivity contribution is 1.00. The molecule has 2 rings (SSSR count). The zero-order valence-electron chi connectivity index (χ0n) is 11.4. The Kier molecular flexibility index (Phi) is 4.20. The molecule has 0 unspecified atom stereocenters. The molecule has 0 bridgehead atoms. The summed E-state index contributed by atoms with van der Waals surface area (Å²) in [5, 5.41) is 12.5. The zero-order valence-corrected chi connectivity index (χ0v) is 11.4. The van der Waals surface area contributed by atoms with Crippen molar-refractivity contribution in [2.75, 3.05) is 11.9 Å². The molecule has 0 aliphatic rings. The van der Waals surface area contributed by atoms with Crippen LogP contribution >= 0.6 is 0 Å². The number of rotatable bonds is 4. The van der Waals surface area contributed by atoms with E-state index in [-0.39, 0.29) is 0 Å². The first-order valence-electron chi connectivity index (χ1n) is 6.50. The summed E-state index contributed by atoms with van der Waals surface area (Å²) in [6.45, 7) is 4.99. The number of anilines is 1. The lowest BCUT2D eigenvalue weighted by Crippen LogP contribution is -2.08. The summed E-state index contributed by atoms with van der Waals surface area (Å²) in [5.74, 6) is 0. The molecule has 0 spiro atoms. The number of hydrogen-bond acceptors (Lipinski definition) is 2. The lowest BCUT2D eigenvalue weighted by Gasteiger charge is -2.12. The monoisotopic (exact) mass is 250 g/mol. The maximum absolute atomic E-state index is 9.11. The van der Waals surface area contributed by atoms with E-state index in [1.165, 1.54) is 11.1 Å². The minimum Gasteiger partial charge on any atom is -0.383 e. The second-order valence-corrected chi connectivity index (χ2v) is 4.71. The van der Waals surface area contributed by atoms with Crippen LogP contribution in [0, 0.1) is 25.2 Å². The van der Waals surface area contributed by atoms with Crippen LogP contribution in [0.5, 0.6) is 0 Å². The highest BCUT2D eigenvalue weighted by atomic mass is 14.9. The van der Waals surface area contributed by atoms with E-state index in [1.807, 2.05) is 25.1 Å². The van der Waals surface area contributed by atoms with E-state index >= 15 is 0 Å². The number of hydrogen-bond donors (Lipinski definition) is 1. The molecule has 0 heterocycles. The van der Waals surface area contributed by atoms with Gasteiger partial charge in [0, 0.05) is 6.54 Å². The van der Waals surface area contributed by atoms with Crippen molar-refractivity contribution in [2.45, 2.75) is 20.3 Å². The van der Waals surface area contributed by atoms with Crippen LogP contribution in [0.4, 0.5) is 5.69 Å². The molecule has 0 saturated carbocycles. The quantitative estimate of drug-likeness (QED) is 0.895. The van der Waals surface area contributed by atoms with Gasteiger partial charge in [-0.1, -0.05) is 36.4 Å². The molecule has 0 aliphatic carbocycles. The Hall–Kier alpha value is -2.27. The Balaban J connectivity index is 2.05. The average molecular weight is 250 g/mol. The largest absolute Gasteiger partial charge is 0.383 e. The molecular weight excluding hydrogens is 232 g/mol. The van der Waals surface area contributed by atoms with Gasteiger partial charge >= 0.3 is 0 Å². The summed E-state index contributed by atoms with van der Waals surface area (Å²) < 4.78 is 0. The fraction of sp³-hybridized carbons (Fsp3) is 0.235. The number of nitriles is 1. The number of nitrogens with zero attached hydrogens (tertiary/aromatic N) is 1. The van der Waals surface area contributed by atoms with Crippen LogP contribution in [0.3, 0.4) is 0 Å². The summed E-state index contributed by atoms with van der Waals surface area (Å²) >= 11 is 0. The SMILES string of the molecule is Cc1ccccc1CCNc1c(C)cccc1C#N. The molecule has 0 saturated heterocycles. The van der Waals surface area contributed by atoms with Crippen LogP contribution in [0.1, 0.15) is 22.3 Å². The van der Waals surface area contributed by atoms with E-state index in [9.17, 15) is 0 Å². The van der Waals surface area contributed by atoms with Crippen LogP contribution < -0.4 is 5.32 Å². The molecule has 0 amide bonds. The Morgan fingerprint density at radius 3 is 2.47 bits per heavy atom. The highest BCUT2D eigenvalue weighted by molar-refractivity contribution is 5.62. The second-order valence-electron chi connectivity index (χ2n) is 4.71. The third kappa shape index (κ3) is 3.14. The second kappa shape index (κ2) is 6.06. The summed E-state index contributed by atoms with van der Waals surface area (Å²) in [7, 11) is 0. The van der Waals surface area contributed by atoms with Crippen molar-refractivity contribution in [3.63, 3.8) is 0 Å². The van der Waals surface area contributed by atoms with E-state index < -0.39 is 0 Å². The van der Waals surface area contributed by atoms with Gasteiger partial charge in [0.15, 0.2) is 0 Å².